The van der Waals surface area contributed by atoms with Gasteiger partial charge in [0.1, 0.15) is 21.9 Å². The fourth-order valence-electron chi connectivity index (χ4n) is 3.09. The Labute approximate surface area is 135 Å². The molecule has 2 aromatic heterocycles. The molecule has 0 spiro atoms. The minimum atomic E-state index is -0.465. The molecule has 0 saturated heterocycles. The summed E-state index contributed by atoms with van der Waals surface area (Å²) in [6, 6.07) is 0. The maximum Gasteiger partial charge on any atom is 0.138 e. The van der Waals surface area contributed by atoms with Gasteiger partial charge >= 0.3 is 0 Å². The number of imidazole rings is 1. The molecule has 1 atom stereocenters. The molecule has 120 valence electrons. The quantitative estimate of drug-likeness (QED) is 0.915. The normalized spacial score (nSPS) is 18.0. The molecule has 5 nitrogen and oxygen atoms in total. The summed E-state index contributed by atoms with van der Waals surface area (Å²) < 4.78 is 2.02. The summed E-state index contributed by atoms with van der Waals surface area (Å²) in [6.07, 6.45) is 9.17. The van der Waals surface area contributed by atoms with E-state index in [-0.39, 0.29) is 0 Å². The van der Waals surface area contributed by atoms with Gasteiger partial charge in [0.15, 0.2) is 0 Å². The van der Waals surface area contributed by atoms with Crippen molar-refractivity contribution in [3.05, 3.63) is 28.2 Å². The van der Waals surface area contributed by atoms with Gasteiger partial charge < -0.3 is 9.67 Å². The van der Waals surface area contributed by atoms with Crippen LogP contribution in [0.25, 0.3) is 0 Å². The minimum absolute atomic E-state index is 0.343. The third kappa shape index (κ3) is 3.38. The van der Waals surface area contributed by atoms with Crippen molar-refractivity contribution in [3.8, 4) is 0 Å². The van der Waals surface area contributed by atoms with Crippen LogP contribution in [0.2, 0.25) is 0 Å². The predicted molar refractivity (Wildman–Crippen MR) is 86.9 cm³/mol. The van der Waals surface area contributed by atoms with Crippen molar-refractivity contribution in [2.75, 3.05) is 0 Å². The van der Waals surface area contributed by atoms with Crippen molar-refractivity contribution < 1.29 is 5.11 Å². The molecule has 2 heterocycles. The first-order valence-corrected chi connectivity index (χ1v) is 8.98. The van der Waals surface area contributed by atoms with E-state index in [9.17, 15) is 5.11 Å². The summed E-state index contributed by atoms with van der Waals surface area (Å²) in [4.78, 5) is 4.40. The molecule has 2 aromatic rings. The van der Waals surface area contributed by atoms with Crippen LogP contribution in [-0.4, -0.2) is 24.9 Å². The van der Waals surface area contributed by atoms with Gasteiger partial charge in [-0.2, -0.15) is 0 Å². The van der Waals surface area contributed by atoms with Gasteiger partial charge in [0.2, 0.25) is 0 Å². The van der Waals surface area contributed by atoms with Crippen molar-refractivity contribution in [1.82, 2.24) is 19.7 Å². The molecule has 1 N–H and O–H groups in total. The zero-order valence-corrected chi connectivity index (χ0v) is 14.1. The molecular formula is C16H24N4OS. The second kappa shape index (κ2) is 6.87. The molecular weight excluding hydrogens is 296 g/mol. The summed E-state index contributed by atoms with van der Waals surface area (Å²) in [6.45, 7) is 4.89. The van der Waals surface area contributed by atoms with E-state index in [0.29, 0.717) is 18.4 Å². The molecule has 3 rings (SSSR count). The summed E-state index contributed by atoms with van der Waals surface area (Å²) in [5.41, 5.74) is 0. The van der Waals surface area contributed by atoms with E-state index < -0.39 is 6.10 Å². The minimum Gasteiger partial charge on any atom is -0.385 e. The highest BCUT2D eigenvalue weighted by atomic mass is 32.1. The van der Waals surface area contributed by atoms with Crippen LogP contribution >= 0.6 is 11.3 Å². The fraction of sp³-hybridized carbons (Fsp3) is 0.688. The van der Waals surface area contributed by atoms with Gasteiger partial charge in [0, 0.05) is 18.3 Å². The monoisotopic (exact) mass is 320 g/mol. The third-order valence-electron chi connectivity index (χ3n) is 4.39. The number of nitrogens with zero attached hydrogens (tertiary/aromatic N) is 4. The van der Waals surface area contributed by atoms with Gasteiger partial charge in [-0.3, -0.25) is 0 Å². The van der Waals surface area contributed by atoms with Crippen LogP contribution in [0.5, 0.6) is 0 Å². The molecule has 22 heavy (non-hydrogen) atoms. The lowest BCUT2D eigenvalue weighted by Gasteiger charge is -2.26. The van der Waals surface area contributed by atoms with Gasteiger partial charge in [-0.25, -0.2) is 4.98 Å². The number of hydrogen-bond acceptors (Lipinski definition) is 5. The second-order valence-corrected chi connectivity index (χ2v) is 7.54. The van der Waals surface area contributed by atoms with Crippen LogP contribution in [-0.2, 0) is 6.54 Å². The van der Waals surface area contributed by atoms with Crippen molar-refractivity contribution in [2.45, 2.75) is 64.5 Å². The number of hydrogen-bond donors (Lipinski definition) is 1. The zero-order valence-electron chi connectivity index (χ0n) is 13.3. The van der Waals surface area contributed by atoms with E-state index in [1.165, 1.54) is 19.3 Å². The van der Waals surface area contributed by atoms with Crippen molar-refractivity contribution in [2.24, 2.45) is 5.92 Å². The molecule has 0 aromatic carbocycles. The van der Waals surface area contributed by atoms with Gasteiger partial charge in [-0.05, 0) is 18.8 Å². The molecule has 1 saturated carbocycles. The van der Waals surface area contributed by atoms with E-state index >= 15 is 0 Å². The average Bonchev–Trinajstić information content (AvgIpc) is 3.17. The molecule has 1 fully saturated rings. The van der Waals surface area contributed by atoms with E-state index in [1.54, 1.807) is 17.5 Å². The van der Waals surface area contributed by atoms with Crippen molar-refractivity contribution in [1.29, 1.82) is 0 Å². The lowest BCUT2D eigenvalue weighted by molar-refractivity contribution is 0.0743. The highest BCUT2D eigenvalue weighted by molar-refractivity contribution is 7.11. The number of aromatic nitrogens is 4. The molecule has 0 amide bonds. The second-order valence-electron chi connectivity index (χ2n) is 6.45. The summed E-state index contributed by atoms with van der Waals surface area (Å²) in [5.74, 6) is 1.52. The highest BCUT2D eigenvalue weighted by Gasteiger charge is 2.26. The van der Waals surface area contributed by atoms with E-state index in [4.69, 9.17) is 0 Å². The average molecular weight is 320 g/mol. The number of aliphatic hydroxyl groups excluding tert-OH is 1. The molecule has 0 aliphatic heterocycles. The van der Waals surface area contributed by atoms with Crippen LogP contribution in [0, 0.1) is 5.92 Å². The number of rotatable bonds is 5. The fourth-order valence-corrected chi connectivity index (χ4v) is 3.93. The van der Waals surface area contributed by atoms with Gasteiger partial charge in [0.25, 0.3) is 0 Å². The lowest BCUT2D eigenvalue weighted by atomic mass is 9.85. The smallest absolute Gasteiger partial charge is 0.138 e. The van der Waals surface area contributed by atoms with E-state index in [2.05, 4.69) is 29.0 Å². The van der Waals surface area contributed by atoms with Gasteiger partial charge in [-0.15, -0.1) is 10.2 Å². The Balaban J connectivity index is 1.73. The molecule has 1 unspecified atom stereocenters. The van der Waals surface area contributed by atoms with Crippen LogP contribution in [0.4, 0.5) is 0 Å². The molecule has 0 bridgehead atoms. The van der Waals surface area contributed by atoms with Gasteiger partial charge in [0.05, 0.1) is 6.54 Å². The Hall–Kier alpha value is -1.27. The van der Waals surface area contributed by atoms with Crippen LogP contribution < -0.4 is 0 Å². The Bertz CT molecular complexity index is 601. The molecule has 1 aliphatic rings. The Kier molecular flexibility index (Phi) is 4.88. The molecule has 1 aliphatic carbocycles. The lowest BCUT2D eigenvalue weighted by Crippen LogP contribution is -2.20. The SMILES string of the molecule is CC(C)c1nnc(Cn2ccnc2C(O)C2CCCCC2)s1. The zero-order chi connectivity index (χ0) is 15.5. The summed E-state index contributed by atoms with van der Waals surface area (Å²) in [5, 5.41) is 21.2. The number of aliphatic hydroxyl groups is 1. The largest absolute Gasteiger partial charge is 0.385 e. The van der Waals surface area contributed by atoms with Crippen LogP contribution in [0.1, 0.15) is 73.8 Å². The standard InChI is InChI=1S/C16H24N4OS/c1-11(2)16-19-18-13(22-16)10-20-9-8-17-15(20)14(21)12-6-4-3-5-7-12/h8-9,11-12,14,21H,3-7,10H2,1-2H3. The third-order valence-corrected chi connectivity index (χ3v) is 5.60. The highest BCUT2D eigenvalue weighted by Crippen LogP contribution is 2.34. The maximum atomic E-state index is 10.7. The molecule has 6 heteroatoms. The Morgan fingerprint density at radius 3 is 2.73 bits per heavy atom. The first kappa shape index (κ1) is 15.6. The Morgan fingerprint density at radius 1 is 1.27 bits per heavy atom. The first-order chi connectivity index (χ1) is 10.6. The van der Waals surface area contributed by atoms with Gasteiger partial charge in [-0.1, -0.05) is 44.4 Å². The van der Waals surface area contributed by atoms with Crippen molar-refractivity contribution >= 4 is 11.3 Å². The summed E-state index contributed by atoms with van der Waals surface area (Å²) in [7, 11) is 0. The Morgan fingerprint density at radius 2 is 2.05 bits per heavy atom. The molecule has 0 radical (unpaired) electrons. The first-order valence-electron chi connectivity index (χ1n) is 8.16. The topological polar surface area (TPSA) is 63.8 Å². The van der Waals surface area contributed by atoms with E-state index in [0.717, 1.165) is 28.7 Å². The summed E-state index contributed by atoms with van der Waals surface area (Å²) >= 11 is 1.64. The van der Waals surface area contributed by atoms with Crippen molar-refractivity contribution in [3.63, 3.8) is 0 Å². The maximum absolute atomic E-state index is 10.7. The van der Waals surface area contributed by atoms with Crippen LogP contribution in [0.15, 0.2) is 12.4 Å². The van der Waals surface area contributed by atoms with E-state index in [1.807, 2.05) is 10.8 Å². The van der Waals surface area contributed by atoms with Crippen LogP contribution in [0.3, 0.4) is 0 Å². The predicted octanol–water partition coefficient (Wildman–Crippen LogP) is 3.52.